The van der Waals surface area contributed by atoms with E-state index in [2.05, 4.69) is 19.9 Å². The molecule has 0 aromatic heterocycles. The summed E-state index contributed by atoms with van der Waals surface area (Å²) in [4.78, 5) is 11.4. The van der Waals surface area contributed by atoms with Crippen molar-refractivity contribution in [2.75, 3.05) is 0 Å². The number of esters is 1. The van der Waals surface area contributed by atoms with Crippen molar-refractivity contribution in [2.45, 2.75) is 90.4 Å². The molecule has 5 rings (SSSR count). The van der Waals surface area contributed by atoms with Gasteiger partial charge in [0.15, 0.2) is 0 Å². The van der Waals surface area contributed by atoms with Crippen molar-refractivity contribution in [3.63, 3.8) is 0 Å². The lowest BCUT2D eigenvalue weighted by atomic mass is 9.45. The monoisotopic (exact) mass is 344 g/mol. The van der Waals surface area contributed by atoms with Crippen LogP contribution in [0, 0.1) is 28.6 Å². The summed E-state index contributed by atoms with van der Waals surface area (Å²) < 4.78 is 11.6. The van der Waals surface area contributed by atoms with Crippen LogP contribution in [0.4, 0.5) is 0 Å². The zero-order chi connectivity index (χ0) is 17.4. The number of fused-ring (bicyclic) bond motifs is 7. The molecule has 0 amide bonds. The van der Waals surface area contributed by atoms with Gasteiger partial charge in [-0.1, -0.05) is 25.5 Å². The van der Waals surface area contributed by atoms with Crippen LogP contribution in [0.25, 0.3) is 0 Å². The average molecular weight is 344 g/mol. The van der Waals surface area contributed by atoms with Gasteiger partial charge in [0, 0.05) is 13.3 Å². The molecule has 5 aliphatic rings. The lowest BCUT2D eigenvalue weighted by molar-refractivity contribution is -0.148. The van der Waals surface area contributed by atoms with Gasteiger partial charge < -0.3 is 9.47 Å². The third-order valence-electron chi connectivity index (χ3n) is 8.82. The zero-order valence-corrected chi connectivity index (χ0v) is 15.9. The summed E-state index contributed by atoms with van der Waals surface area (Å²) in [6.45, 7) is 6.58. The van der Waals surface area contributed by atoms with Crippen molar-refractivity contribution in [1.29, 1.82) is 0 Å². The molecule has 8 atom stereocenters. The molecule has 6 unspecified atom stereocenters. The fourth-order valence-corrected chi connectivity index (χ4v) is 7.49. The topological polar surface area (TPSA) is 38.8 Å². The highest BCUT2D eigenvalue weighted by Crippen LogP contribution is 2.66. The van der Waals surface area contributed by atoms with Crippen LogP contribution in [-0.4, -0.2) is 24.3 Å². The Morgan fingerprint density at radius 2 is 2.00 bits per heavy atom. The van der Waals surface area contributed by atoms with Crippen LogP contribution in [-0.2, 0) is 14.3 Å². The molecule has 0 aromatic rings. The number of carbonyl (C=O) groups excluding carboxylic acids is 1. The van der Waals surface area contributed by atoms with Crippen LogP contribution >= 0.6 is 0 Å². The van der Waals surface area contributed by atoms with Gasteiger partial charge in [0.05, 0.1) is 12.2 Å². The lowest BCUT2D eigenvalue weighted by Gasteiger charge is -2.59. The largest absolute Gasteiger partial charge is 0.462 e. The van der Waals surface area contributed by atoms with E-state index in [4.69, 9.17) is 9.47 Å². The maximum Gasteiger partial charge on any atom is 0.302 e. The Morgan fingerprint density at radius 3 is 2.80 bits per heavy atom. The SMILES string of the molecule is CC(=O)OC1CC[C@@]2(C)C(=CCC3C4CCC5OC5[C@@]4(C)CCC32)C1. The third-order valence-corrected chi connectivity index (χ3v) is 8.82. The maximum atomic E-state index is 11.4. The summed E-state index contributed by atoms with van der Waals surface area (Å²) >= 11 is 0. The minimum Gasteiger partial charge on any atom is -0.462 e. The van der Waals surface area contributed by atoms with E-state index >= 15 is 0 Å². The van der Waals surface area contributed by atoms with Crippen molar-refractivity contribution in [2.24, 2.45) is 28.6 Å². The van der Waals surface area contributed by atoms with Crippen molar-refractivity contribution in [1.82, 2.24) is 0 Å². The van der Waals surface area contributed by atoms with Crippen LogP contribution < -0.4 is 0 Å². The molecule has 1 saturated heterocycles. The minimum absolute atomic E-state index is 0.109. The standard InChI is InChI=1S/C22H32O3/c1-13(23)24-15-8-10-21(2)14(12-15)4-5-16-17-6-7-19-20(25-19)22(17,3)11-9-18(16)21/h4,15-20H,5-12H2,1-3H3/t15?,16?,17?,18?,19?,20?,21-,22-/m0/s1. The molecule has 25 heavy (non-hydrogen) atoms. The predicted octanol–water partition coefficient (Wildman–Crippen LogP) is 4.65. The van der Waals surface area contributed by atoms with Crippen molar-refractivity contribution in [3.8, 4) is 0 Å². The van der Waals surface area contributed by atoms with Gasteiger partial charge in [0.1, 0.15) is 6.10 Å². The molecule has 0 spiro atoms. The Bertz CT molecular complexity index is 625. The van der Waals surface area contributed by atoms with Crippen molar-refractivity contribution in [3.05, 3.63) is 11.6 Å². The van der Waals surface area contributed by atoms with Crippen molar-refractivity contribution >= 4 is 5.97 Å². The molecule has 1 aliphatic heterocycles. The van der Waals surface area contributed by atoms with E-state index in [9.17, 15) is 4.79 Å². The van der Waals surface area contributed by atoms with E-state index in [1.54, 1.807) is 5.57 Å². The van der Waals surface area contributed by atoms with Crippen LogP contribution in [0.1, 0.15) is 72.1 Å². The van der Waals surface area contributed by atoms with Gasteiger partial charge in [0.25, 0.3) is 0 Å². The van der Waals surface area contributed by atoms with Gasteiger partial charge in [-0.05, 0) is 73.5 Å². The molecule has 0 N–H and O–H groups in total. The molecule has 3 heteroatoms. The summed E-state index contributed by atoms with van der Waals surface area (Å²) in [5.74, 6) is 2.37. The summed E-state index contributed by atoms with van der Waals surface area (Å²) in [6.07, 6.45) is 13.6. The second-order valence-electron chi connectivity index (χ2n) is 9.95. The fraction of sp³-hybridized carbons (Fsp3) is 0.864. The van der Waals surface area contributed by atoms with Gasteiger partial charge in [-0.2, -0.15) is 0 Å². The van der Waals surface area contributed by atoms with Gasteiger partial charge >= 0.3 is 5.97 Å². The lowest BCUT2D eigenvalue weighted by Crippen LogP contribution is -2.53. The Labute approximate surface area is 151 Å². The van der Waals surface area contributed by atoms with Crippen LogP contribution in [0.3, 0.4) is 0 Å². The summed E-state index contributed by atoms with van der Waals surface area (Å²) in [5, 5.41) is 0. The quantitative estimate of drug-likeness (QED) is 0.395. The summed E-state index contributed by atoms with van der Waals surface area (Å²) in [5.41, 5.74) is 2.36. The maximum absolute atomic E-state index is 11.4. The molecule has 1 heterocycles. The smallest absolute Gasteiger partial charge is 0.302 e. The fourth-order valence-electron chi connectivity index (χ4n) is 7.49. The third kappa shape index (κ3) is 2.30. The Kier molecular flexibility index (Phi) is 3.49. The first-order valence-electron chi connectivity index (χ1n) is 10.4. The molecule has 138 valence electrons. The predicted molar refractivity (Wildman–Crippen MR) is 95.9 cm³/mol. The first-order valence-corrected chi connectivity index (χ1v) is 10.4. The number of epoxide rings is 1. The van der Waals surface area contributed by atoms with Gasteiger partial charge in [-0.25, -0.2) is 0 Å². The second-order valence-corrected chi connectivity index (χ2v) is 9.95. The highest BCUT2D eigenvalue weighted by molar-refractivity contribution is 5.66. The summed E-state index contributed by atoms with van der Waals surface area (Å²) in [6, 6.07) is 0. The van der Waals surface area contributed by atoms with E-state index in [1.807, 2.05) is 0 Å². The van der Waals surface area contributed by atoms with Gasteiger partial charge in [0.2, 0.25) is 0 Å². The van der Waals surface area contributed by atoms with E-state index in [0.717, 1.165) is 30.6 Å². The van der Waals surface area contributed by atoms with Crippen LogP contribution in [0.15, 0.2) is 11.6 Å². The highest BCUT2D eigenvalue weighted by Gasteiger charge is 2.64. The van der Waals surface area contributed by atoms with Crippen LogP contribution in [0.5, 0.6) is 0 Å². The van der Waals surface area contributed by atoms with E-state index in [0.29, 0.717) is 23.0 Å². The summed E-state index contributed by atoms with van der Waals surface area (Å²) in [7, 11) is 0. The molecule has 4 fully saturated rings. The van der Waals surface area contributed by atoms with Gasteiger partial charge in [-0.3, -0.25) is 4.79 Å². The van der Waals surface area contributed by atoms with Crippen LogP contribution in [0.2, 0.25) is 0 Å². The molecule has 3 nitrogen and oxygen atoms in total. The Balaban J connectivity index is 1.41. The molecule has 0 radical (unpaired) electrons. The number of carbonyl (C=O) groups is 1. The first-order chi connectivity index (χ1) is 11.9. The Morgan fingerprint density at radius 1 is 1.16 bits per heavy atom. The number of ether oxygens (including phenoxy) is 2. The Hall–Kier alpha value is -0.830. The molecule has 3 saturated carbocycles. The number of hydrogen-bond donors (Lipinski definition) is 0. The van der Waals surface area contributed by atoms with Gasteiger partial charge in [-0.15, -0.1) is 0 Å². The zero-order valence-electron chi connectivity index (χ0n) is 15.9. The van der Waals surface area contributed by atoms with E-state index in [1.165, 1.54) is 45.4 Å². The number of allylic oxidation sites excluding steroid dienone is 1. The molecule has 0 bridgehead atoms. The average Bonchev–Trinajstić information content (AvgIpc) is 3.35. The second kappa shape index (κ2) is 5.34. The molecule has 4 aliphatic carbocycles. The van der Waals surface area contributed by atoms with E-state index in [-0.39, 0.29) is 12.1 Å². The minimum atomic E-state index is -0.127. The van der Waals surface area contributed by atoms with Crippen molar-refractivity contribution < 1.29 is 14.3 Å². The highest BCUT2D eigenvalue weighted by atomic mass is 16.6. The normalized spacial score (nSPS) is 53.5. The van der Waals surface area contributed by atoms with E-state index < -0.39 is 0 Å². The molecule has 0 aromatic carbocycles. The number of hydrogen-bond acceptors (Lipinski definition) is 3. The molecular weight excluding hydrogens is 312 g/mol. The first kappa shape index (κ1) is 16.4. The molecular formula is C22H32O3. The number of rotatable bonds is 1.